The Morgan fingerprint density at radius 3 is 2.79 bits per heavy atom. The topological polar surface area (TPSA) is 78.3 Å². The van der Waals surface area contributed by atoms with Crippen LogP contribution in [0.25, 0.3) is 16.8 Å². The zero-order chi connectivity index (χ0) is 26.7. The van der Waals surface area contributed by atoms with Crippen LogP contribution in [0.15, 0.2) is 73.3 Å². The average Bonchev–Trinajstić information content (AvgIpc) is 3.61. The van der Waals surface area contributed by atoms with E-state index < -0.39 is 17.6 Å². The first-order chi connectivity index (χ1) is 18.3. The molecular formula is C28H25F3N4O3. The van der Waals surface area contributed by atoms with Gasteiger partial charge in [-0.05, 0) is 55.3 Å². The molecule has 0 aliphatic carbocycles. The molecule has 3 heterocycles. The SMILES string of the molecule is Cc1ccc(NC(=O)c2cccc(C(F)(F)F)c2)cc1-n1cc(-c2cncc(OCC3CCOC3)c2)cn1. The molecule has 0 bridgehead atoms. The molecule has 10 heteroatoms. The van der Waals surface area contributed by atoms with Crippen LogP contribution in [0.5, 0.6) is 5.75 Å². The van der Waals surface area contributed by atoms with Crippen molar-refractivity contribution in [2.24, 2.45) is 5.92 Å². The van der Waals surface area contributed by atoms with Crippen molar-refractivity contribution in [2.45, 2.75) is 19.5 Å². The van der Waals surface area contributed by atoms with Gasteiger partial charge < -0.3 is 14.8 Å². The largest absolute Gasteiger partial charge is 0.492 e. The first-order valence-electron chi connectivity index (χ1n) is 12.1. The van der Waals surface area contributed by atoms with Gasteiger partial charge in [0.05, 0.1) is 36.9 Å². The van der Waals surface area contributed by atoms with Crippen molar-refractivity contribution in [2.75, 3.05) is 25.1 Å². The minimum absolute atomic E-state index is 0.0848. The summed E-state index contributed by atoms with van der Waals surface area (Å²) in [6.45, 7) is 3.94. The van der Waals surface area contributed by atoms with Crippen LogP contribution in [0.3, 0.4) is 0 Å². The summed E-state index contributed by atoms with van der Waals surface area (Å²) in [5.74, 6) is 0.405. The predicted molar refractivity (Wildman–Crippen MR) is 135 cm³/mol. The van der Waals surface area contributed by atoms with E-state index in [0.717, 1.165) is 41.9 Å². The number of hydrogen-bond acceptors (Lipinski definition) is 5. The van der Waals surface area contributed by atoms with Gasteiger partial charge >= 0.3 is 6.18 Å². The highest BCUT2D eigenvalue weighted by molar-refractivity contribution is 6.04. The van der Waals surface area contributed by atoms with E-state index in [0.29, 0.717) is 36.3 Å². The number of anilines is 1. The Morgan fingerprint density at radius 2 is 2.00 bits per heavy atom. The number of pyridine rings is 1. The average molecular weight is 523 g/mol. The van der Waals surface area contributed by atoms with Crippen molar-refractivity contribution in [3.63, 3.8) is 0 Å². The summed E-state index contributed by atoms with van der Waals surface area (Å²) in [7, 11) is 0. The Morgan fingerprint density at radius 1 is 1.13 bits per heavy atom. The standard InChI is InChI=1S/C28H25F3N4O3/c1-18-5-6-24(34-27(36)20-3-2-4-23(9-20)28(29,30)31)11-26(18)35-15-22(13-33-35)21-10-25(14-32-12-21)38-17-19-7-8-37-16-19/h2-6,9-15,19H,7-8,16-17H2,1H3,(H,34,36). The molecule has 1 unspecified atom stereocenters. The number of aryl methyl sites for hydroxylation is 1. The Labute approximate surface area is 217 Å². The van der Waals surface area contributed by atoms with E-state index >= 15 is 0 Å². The highest BCUT2D eigenvalue weighted by Gasteiger charge is 2.31. The lowest BCUT2D eigenvalue weighted by Crippen LogP contribution is -2.14. The van der Waals surface area contributed by atoms with Crippen molar-refractivity contribution in [3.05, 3.63) is 90.0 Å². The molecule has 0 spiro atoms. The van der Waals surface area contributed by atoms with E-state index in [-0.39, 0.29) is 5.56 Å². The van der Waals surface area contributed by atoms with Crippen LogP contribution in [0.4, 0.5) is 18.9 Å². The van der Waals surface area contributed by atoms with Crippen LogP contribution in [-0.4, -0.2) is 40.5 Å². The number of alkyl halides is 3. The van der Waals surface area contributed by atoms with Gasteiger partial charge in [0.15, 0.2) is 0 Å². The second kappa shape index (κ2) is 10.7. The maximum Gasteiger partial charge on any atom is 0.416 e. The molecule has 0 saturated carbocycles. The van der Waals surface area contributed by atoms with Gasteiger partial charge in [0.1, 0.15) is 5.75 Å². The number of carbonyl (C=O) groups is 1. The highest BCUT2D eigenvalue weighted by atomic mass is 19.4. The molecule has 1 N–H and O–H groups in total. The molecule has 2 aromatic heterocycles. The van der Waals surface area contributed by atoms with Crippen LogP contribution in [0, 0.1) is 12.8 Å². The molecule has 1 fully saturated rings. The zero-order valence-electron chi connectivity index (χ0n) is 20.5. The molecule has 196 valence electrons. The molecule has 38 heavy (non-hydrogen) atoms. The molecule has 1 saturated heterocycles. The molecule has 0 radical (unpaired) electrons. The van der Waals surface area contributed by atoms with Gasteiger partial charge in [-0.1, -0.05) is 12.1 Å². The quantitative estimate of drug-likeness (QED) is 0.326. The summed E-state index contributed by atoms with van der Waals surface area (Å²) < 4.78 is 52.1. The molecule has 2 aromatic carbocycles. The van der Waals surface area contributed by atoms with Gasteiger partial charge in [0, 0.05) is 47.3 Å². The lowest BCUT2D eigenvalue weighted by atomic mass is 10.1. The first kappa shape index (κ1) is 25.5. The van der Waals surface area contributed by atoms with Crippen LogP contribution >= 0.6 is 0 Å². The van der Waals surface area contributed by atoms with E-state index in [1.807, 2.05) is 19.2 Å². The Balaban J connectivity index is 1.32. The molecule has 7 nitrogen and oxygen atoms in total. The minimum Gasteiger partial charge on any atom is -0.492 e. The number of nitrogens with zero attached hydrogens (tertiary/aromatic N) is 3. The lowest BCUT2D eigenvalue weighted by molar-refractivity contribution is -0.137. The first-order valence-corrected chi connectivity index (χ1v) is 12.1. The Hall–Kier alpha value is -4.18. The number of amides is 1. The summed E-state index contributed by atoms with van der Waals surface area (Å²) in [6, 6.07) is 11.4. The fraction of sp³-hybridized carbons (Fsp3) is 0.250. The number of aromatic nitrogens is 3. The highest BCUT2D eigenvalue weighted by Crippen LogP contribution is 2.30. The lowest BCUT2D eigenvalue weighted by Gasteiger charge is -2.12. The van der Waals surface area contributed by atoms with E-state index in [1.165, 1.54) is 12.1 Å². The normalized spacial score (nSPS) is 15.4. The maximum atomic E-state index is 13.0. The number of nitrogens with one attached hydrogen (secondary N) is 1. The summed E-state index contributed by atoms with van der Waals surface area (Å²) in [5, 5.41) is 7.15. The van der Waals surface area contributed by atoms with Crippen LogP contribution in [-0.2, 0) is 10.9 Å². The third kappa shape index (κ3) is 5.86. The monoisotopic (exact) mass is 522 g/mol. The second-order valence-electron chi connectivity index (χ2n) is 9.16. The number of benzene rings is 2. The molecule has 4 aromatic rings. The van der Waals surface area contributed by atoms with Crippen molar-refractivity contribution in [3.8, 4) is 22.6 Å². The summed E-state index contributed by atoms with van der Waals surface area (Å²) >= 11 is 0. The van der Waals surface area contributed by atoms with Crippen molar-refractivity contribution in [1.82, 2.24) is 14.8 Å². The van der Waals surface area contributed by atoms with Crippen LogP contribution in [0.2, 0.25) is 0 Å². The fourth-order valence-electron chi connectivity index (χ4n) is 4.16. The number of ether oxygens (including phenoxy) is 2. The third-order valence-corrected chi connectivity index (χ3v) is 6.30. The molecule has 1 aliphatic heterocycles. The number of carbonyl (C=O) groups excluding carboxylic acids is 1. The summed E-state index contributed by atoms with van der Waals surface area (Å²) in [6.07, 6.45) is 3.40. The number of rotatable bonds is 7. The van der Waals surface area contributed by atoms with E-state index in [4.69, 9.17) is 9.47 Å². The minimum atomic E-state index is -4.53. The molecule has 5 rings (SSSR count). The molecule has 1 atom stereocenters. The Kier molecular flexibility index (Phi) is 7.15. The van der Waals surface area contributed by atoms with Crippen molar-refractivity contribution in [1.29, 1.82) is 0 Å². The van der Waals surface area contributed by atoms with Crippen molar-refractivity contribution >= 4 is 11.6 Å². The van der Waals surface area contributed by atoms with E-state index in [9.17, 15) is 18.0 Å². The van der Waals surface area contributed by atoms with Crippen molar-refractivity contribution < 1.29 is 27.4 Å². The summed E-state index contributed by atoms with van der Waals surface area (Å²) in [4.78, 5) is 16.9. The zero-order valence-corrected chi connectivity index (χ0v) is 20.5. The van der Waals surface area contributed by atoms with Gasteiger partial charge in [-0.15, -0.1) is 0 Å². The molecular weight excluding hydrogens is 497 g/mol. The number of halogens is 3. The molecule has 1 amide bonds. The summed E-state index contributed by atoms with van der Waals surface area (Å²) in [5.41, 5.74) is 2.73. The van der Waals surface area contributed by atoms with E-state index in [1.54, 1.807) is 41.5 Å². The van der Waals surface area contributed by atoms with Gasteiger partial charge in [0.25, 0.3) is 5.91 Å². The van der Waals surface area contributed by atoms with Crippen LogP contribution < -0.4 is 10.1 Å². The second-order valence-corrected chi connectivity index (χ2v) is 9.16. The van der Waals surface area contributed by atoms with Crippen LogP contribution in [0.1, 0.15) is 27.9 Å². The molecule has 1 aliphatic rings. The van der Waals surface area contributed by atoms with E-state index in [2.05, 4.69) is 15.4 Å². The van der Waals surface area contributed by atoms with Gasteiger partial charge in [-0.3, -0.25) is 9.78 Å². The van der Waals surface area contributed by atoms with Gasteiger partial charge in [-0.25, -0.2) is 4.68 Å². The predicted octanol–water partition coefficient (Wildman–Crippen LogP) is 5.93. The smallest absolute Gasteiger partial charge is 0.416 e. The number of hydrogen-bond donors (Lipinski definition) is 1. The maximum absolute atomic E-state index is 13.0. The Bertz CT molecular complexity index is 1450. The van der Waals surface area contributed by atoms with Gasteiger partial charge in [-0.2, -0.15) is 18.3 Å². The van der Waals surface area contributed by atoms with Gasteiger partial charge in [0.2, 0.25) is 0 Å². The third-order valence-electron chi connectivity index (χ3n) is 6.30. The fourth-order valence-corrected chi connectivity index (χ4v) is 4.16.